The molecule has 0 rings (SSSR count). The molecule has 1 nitrogen and oxygen atoms in total. The summed E-state index contributed by atoms with van der Waals surface area (Å²) in [6, 6.07) is 0. The molecule has 0 aromatic rings. The van der Waals surface area contributed by atoms with E-state index in [2.05, 4.69) is 13.2 Å². The highest BCUT2D eigenvalue weighted by Gasteiger charge is 1.90. The average Bonchev–Trinajstić information content (AvgIpc) is 2.05. The smallest absolute Gasteiger partial charge is 0.0426 e. The Morgan fingerprint density at radius 1 is 1.25 bits per heavy atom. The summed E-state index contributed by atoms with van der Waals surface area (Å²) in [4.78, 5) is 0. The van der Waals surface area contributed by atoms with Gasteiger partial charge in [0.05, 0.1) is 0 Å². The Hall–Kier alpha value is 0.0700. The minimum Gasteiger partial charge on any atom is -0.259 e. The molecule has 0 N–H and O–H groups in total. The first-order valence-electron chi connectivity index (χ1n) is 3.35. The molecule has 0 aromatic carbocycles. The monoisotopic (exact) mass is 220 g/mol. The van der Waals surface area contributed by atoms with Gasteiger partial charge in [-0.25, -0.2) is 0 Å². The van der Waals surface area contributed by atoms with Crippen LogP contribution >= 0.6 is 21.6 Å². The number of hydrogen-bond donors (Lipinski definition) is 0. The van der Waals surface area contributed by atoms with Gasteiger partial charge in [-0.1, -0.05) is 40.3 Å². The molecule has 0 bridgehead atoms. The molecule has 0 unspecified atom stereocenters. The van der Waals surface area contributed by atoms with Gasteiger partial charge in [-0.05, 0) is 10.8 Å². The van der Waals surface area contributed by atoms with Crippen LogP contribution in [-0.4, -0.2) is 15.7 Å². The van der Waals surface area contributed by atoms with Gasteiger partial charge in [0.15, 0.2) is 0 Å². The SMILES string of the molecule is C=CC[S@@](=O)CC=CSSC=C. The highest BCUT2D eigenvalue weighted by Crippen LogP contribution is 2.22. The van der Waals surface area contributed by atoms with Gasteiger partial charge in [0.25, 0.3) is 0 Å². The van der Waals surface area contributed by atoms with Crippen LogP contribution in [0, 0.1) is 0 Å². The van der Waals surface area contributed by atoms with E-state index in [4.69, 9.17) is 0 Å². The van der Waals surface area contributed by atoms with Crippen molar-refractivity contribution >= 4 is 32.4 Å². The van der Waals surface area contributed by atoms with Gasteiger partial charge in [0.1, 0.15) is 0 Å². The largest absolute Gasteiger partial charge is 0.259 e. The van der Waals surface area contributed by atoms with Gasteiger partial charge >= 0.3 is 0 Å². The van der Waals surface area contributed by atoms with Crippen LogP contribution in [0.1, 0.15) is 0 Å². The van der Waals surface area contributed by atoms with Crippen molar-refractivity contribution in [1.82, 2.24) is 0 Å². The van der Waals surface area contributed by atoms with Crippen molar-refractivity contribution in [3.8, 4) is 0 Å². The van der Waals surface area contributed by atoms with Gasteiger partial charge in [-0.2, -0.15) is 0 Å². The quantitative estimate of drug-likeness (QED) is 0.373. The molecule has 0 radical (unpaired) electrons. The van der Waals surface area contributed by atoms with E-state index < -0.39 is 10.8 Å². The molecule has 0 aromatic heterocycles. The van der Waals surface area contributed by atoms with Crippen molar-refractivity contribution < 1.29 is 4.21 Å². The normalized spacial score (nSPS) is 13.0. The fourth-order valence-electron chi connectivity index (χ4n) is 0.457. The summed E-state index contributed by atoms with van der Waals surface area (Å²) in [6.45, 7) is 7.08. The summed E-state index contributed by atoms with van der Waals surface area (Å²) in [5, 5.41) is 3.68. The minimum absolute atomic E-state index is 0.573. The van der Waals surface area contributed by atoms with Gasteiger partial charge in [-0.3, -0.25) is 4.21 Å². The lowest BCUT2D eigenvalue weighted by Crippen LogP contribution is -1.96. The lowest BCUT2D eigenvalue weighted by atomic mass is 10.8. The van der Waals surface area contributed by atoms with Crippen LogP contribution < -0.4 is 0 Å². The highest BCUT2D eigenvalue weighted by atomic mass is 33.1. The first kappa shape index (κ1) is 12.1. The summed E-state index contributed by atoms with van der Waals surface area (Å²) < 4.78 is 11.0. The van der Waals surface area contributed by atoms with E-state index in [1.807, 2.05) is 11.5 Å². The van der Waals surface area contributed by atoms with E-state index in [1.54, 1.807) is 33.1 Å². The maximum atomic E-state index is 11.0. The summed E-state index contributed by atoms with van der Waals surface area (Å²) in [7, 11) is 2.34. The van der Waals surface area contributed by atoms with E-state index in [1.165, 1.54) is 0 Å². The summed E-state index contributed by atoms with van der Waals surface area (Å²) in [5.41, 5.74) is 0. The Morgan fingerprint density at radius 3 is 2.58 bits per heavy atom. The number of rotatable bonds is 7. The molecule has 0 amide bonds. The molecule has 1 atom stereocenters. The molecule has 0 saturated heterocycles. The van der Waals surface area contributed by atoms with E-state index >= 15 is 0 Å². The van der Waals surface area contributed by atoms with Crippen molar-refractivity contribution in [3.05, 3.63) is 36.1 Å². The van der Waals surface area contributed by atoms with Gasteiger partial charge in [-0.15, -0.1) is 6.58 Å². The molecule has 0 aliphatic rings. The second kappa shape index (κ2) is 9.16. The van der Waals surface area contributed by atoms with Crippen molar-refractivity contribution in [2.45, 2.75) is 0 Å². The van der Waals surface area contributed by atoms with E-state index in [9.17, 15) is 4.21 Å². The third-order valence-electron chi connectivity index (χ3n) is 0.861. The number of hydrogen-bond acceptors (Lipinski definition) is 3. The van der Waals surface area contributed by atoms with Crippen LogP contribution in [0.3, 0.4) is 0 Å². The van der Waals surface area contributed by atoms with E-state index in [0.29, 0.717) is 11.5 Å². The summed E-state index contributed by atoms with van der Waals surface area (Å²) in [6.07, 6.45) is 3.58. The molecule has 0 saturated carbocycles. The fraction of sp³-hybridized carbons (Fsp3) is 0.250. The first-order valence-corrected chi connectivity index (χ1v) is 7.11. The van der Waals surface area contributed by atoms with Crippen LogP contribution in [-0.2, 0) is 10.8 Å². The van der Waals surface area contributed by atoms with Crippen LogP contribution in [0.25, 0.3) is 0 Å². The standard InChI is InChI=1S/C8H12OS3/c1-3-7-12(9)8-5-6-11-10-4-2/h3-6H,1-2,7-8H2/t12-/m1/s1. The summed E-state index contributed by atoms with van der Waals surface area (Å²) in [5.74, 6) is 1.18. The van der Waals surface area contributed by atoms with Crippen LogP contribution in [0.4, 0.5) is 0 Å². The Kier molecular flexibility index (Phi) is 9.21. The van der Waals surface area contributed by atoms with Gasteiger partial charge < -0.3 is 0 Å². The molecule has 0 fully saturated rings. The van der Waals surface area contributed by atoms with Crippen molar-refractivity contribution in [2.24, 2.45) is 0 Å². The van der Waals surface area contributed by atoms with Crippen LogP contribution in [0.5, 0.6) is 0 Å². The van der Waals surface area contributed by atoms with E-state index in [-0.39, 0.29) is 0 Å². The third kappa shape index (κ3) is 8.17. The molecule has 0 aliphatic heterocycles. The third-order valence-corrected chi connectivity index (χ3v) is 3.66. The maximum Gasteiger partial charge on any atom is 0.0426 e. The van der Waals surface area contributed by atoms with E-state index in [0.717, 1.165) is 0 Å². The Morgan fingerprint density at radius 2 is 2.00 bits per heavy atom. The molecule has 68 valence electrons. The molecule has 12 heavy (non-hydrogen) atoms. The fourth-order valence-corrected chi connectivity index (χ4v) is 2.27. The van der Waals surface area contributed by atoms with Crippen LogP contribution in [0.2, 0.25) is 0 Å². The molecular formula is C8H12OS3. The Balaban J connectivity index is 3.39. The molecular weight excluding hydrogens is 208 g/mol. The highest BCUT2D eigenvalue weighted by molar-refractivity contribution is 8.78. The second-order valence-electron chi connectivity index (χ2n) is 1.79. The predicted octanol–water partition coefficient (Wildman–Crippen LogP) is 2.96. The average molecular weight is 220 g/mol. The predicted molar refractivity (Wildman–Crippen MR) is 62.6 cm³/mol. The van der Waals surface area contributed by atoms with Crippen molar-refractivity contribution in [1.29, 1.82) is 0 Å². The molecule has 0 aliphatic carbocycles. The molecule has 4 heteroatoms. The molecule has 0 heterocycles. The lowest BCUT2D eigenvalue weighted by molar-refractivity contribution is 0.687. The van der Waals surface area contributed by atoms with Crippen LogP contribution in [0.15, 0.2) is 36.1 Å². The van der Waals surface area contributed by atoms with Crippen molar-refractivity contribution in [2.75, 3.05) is 11.5 Å². The zero-order chi connectivity index (χ0) is 9.23. The Bertz CT molecular complexity index is 187. The zero-order valence-corrected chi connectivity index (χ0v) is 9.22. The van der Waals surface area contributed by atoms with Crippen molar-refractivity contribution in [3.63, 3.8) is 0 Å². The van der Waals surface area contributed by atoms with Gasteiger partial charge in [0.2, 0.25) is 0 Å². The zero-order valence-electron chi connectivity index (χ0n) is 6.77. The Labute approximate surface area is 84.2 Å². The molecule has 0 spiro atoms. The maximum absolute atomic E-state index is 11.0. The minimum atomic E-state index is -0.779. The first-order chi connectivity index (χ1) is 5.81. The lowest BCUT2D eigenvalue weighted by Gasteiger charge is -1.90. The van der Waals surface area contributed by atoms with Gasteiger partial charge in [0, 0.05) is 22.3 Å². The summed E-state index contributed by atoms with van der Waals surface area (Å²) >= 11 is 0. The topological polar surface area (TPSA) is 17.1 Å². The second-order valence-corrected chi connectivity index (χ2v) is 5.48.